The topological polar surface area (TPSA) is 52.5 Å². The van der Waals surface area contributed by atoms with Crippen molar-refractivity contribution in [3.63, 3.8) is 0 Å². The Kier molecular flexibility index (Phi) is 41.8. The Balaban J connectivity index is 3.02. The zero-order chi connectivity index (χ0) is 31.0. The summed E-state index contributed by atoms with van der Waals surface area (Å²) in [6.07, 6.45) is 50.0. The Morgan fingerprint density at radius 1 is 0.186 bits per heavy atom. The average Bonchev–Trinajstić information content (AvgIpc) is 3.02. The Morgan fingerprint density at radius 2 is 0.326 bits per heavy atom. The molecule has 0 unspecified atom stereocenters. The molecule has 3 nitrogen and oxygen atoms in total. The summed E-state index contributed by atoms with van der Waals surface area (Å²) in [6.45, 7) is 3.20. The van der Waals surface area contributed by atoms with E-state index in [-0.39, 0.29) is 0 Å². The van der Waals surface area contributed by atoms with Crippen LogP contribution in [0.4, 0.5) is 0 Å². The van der Waals surface area contributed by atoms with E-state index in [4.69, 9.17) is 10.2 Å². The van der Waals surface area contributed by atoms with Gasteiger partial charge in [0.05, 0.1) is 0 Å². The smallest absolute Gasteiger partial charge is 0.0431 e. The van der Waals surface area contributed by atoms with Crippen molar-refractivity contribution < 1.29 is 10.2 Å². The van der Waals surface area contributed by atoms with Gasteiger partial charge >= 0.3 is 0 Å². The summed E-state index contributed by atoms with van der Waals surface area (Å²) in [5, 5.41) is 21.3. The maximum Gasteiger partial charge on any atom is 0.0431 e. The monoisotopic (exact) mass is 610 g/mol. The van der Waals surface area contributed by atoms with Crippen LogP contribution in [0.15, 0.2) is 0 Å². The van der Waals surface area contributed by atoms with Gasteiger partial charge in [0.2, 0.25) is 0 Å². The number of unbranched alkanes of at least 4 members (excludes halogenated alkanes) is 34. The first-order valence-corrected chi connectivity index (χ1v) is 20.3. The van der Waals surface area contributed by atoms with Crippen LogP contribution < -0.4 is 5.32 Å². The standard InChI is InChI=1S/C40H83NO2/c42-39-35-31-27-23-19-15-11-8-6-4-2-1-3-5-7-9-13-17-21-25-29-33-37-41-38-34-30-26-22-18-14-10-12-16-20-24-28-32-36-40-43/h41-43H,1-40H2. The molecule has 0 bridgehead atoms. The van der Waals surface area contributed by atoms with Crippen molar-refractivity contribution >= 4 is 0 Å². The Morgan fingerprint density at radius 3 is 0.488 bits per heavy atom. The lowest BCUT2D eigenvalue weighted by Gasteiger charge is -2.06. The fourth-order valence-corrected chi connectivity index (χ4v) is 6.51. The van der Waals surface area contributed by atoms with E-state index in [2.05, 4.69) is 5.32 Å². The van der Waals surface area contributed by atoms with Crippen molar-refractivity contribution in [2.75, 3.05) is 26.3 Å². The zero-order valence-corrected chi connectivity index (χ0v) is 29.7. The first-order valence-electron chi connectivity index (χ1n) is 20.3. The van der Waals surface area contributed by atoms with E-state index in [0.717, 1.165) is 12.8 Å². The second-order valence-electron chi connectivity index (χ2n) is 13.9. The molecular formula is C40H83NO2. The minimum atomic E-state index is 0.369. The van der Waals surface area contributed by atoms with Gasteiger partial charge in [-0.3, -0.25) is 0 Å². The average molecular weight is 610 g/mol. The van der Waals surface area contributed by atoms with Gasteiger partial charge < -0.3 is 15.5 Å². The second-order valence-corrected chi connectivity index (χ2v) is 13.9. The molecule has 3 heteroatoms. The zero-order valence-electron chi connectivity index (χ0n) is 29.7. The number of rotatable bonds is 40. The molecule has 0 aromatic rings. The van der Waals surface area contributed by atoms with Crippen LogP contribution in [0.2, 0.25) is 0 Å². The molecule has 0 spiro atoms. The van der Waals surface area contributed by atoms with E-state index in [1.54, 1.807) is 0 Å². The summed E-state index contributed by atoms with van der Waals surface area (Å²) in [7, 11) is 0. The predicted octanol–water partition coefficient (Wildman–Crippen LogP) is 12.6. The second kappa shape index (κ2) is 41.9. The molecule has 0 aliphatic heterocycles. The summed E-state index contributed by atoms with van der Waals surface area (Å²) in [5.74, 6) is 0. The summed E-state index contributed by atoms with van der Waals surface area (Å²) >= 11 is 0. The number of hydrogen-bond donors (Lipinski definition) is 3. The Bertz CT molecular complexity index is 418. The molecule has 260 valence electrons. The molecule has 0 aromatic heterocycles. The molecule has 0 atom stereocenters. The molecule has 0 saturated heterocycles. The van der Waals surface area contributed by atoms with Gasteiger partial charge in [0, 0.05) is 13.2 Å². The van der Waals surface area contributed by atoms with Crippen LogP contribution in [0.25, 0.3) is 0 Å². The molecule has 0 fully saturated rings. The first-order chi connectivity index (χ1) is 21.4. The molecule has 0 rings (SSSR count). The molecule has 0 radical (unpaired) electrons. The third-order valence-electron chi connectivity index (χ3n) is 9.52. The van der Waals surface area contributed by atoms with Gasteiger partial charge in [-0.05, 0) is 38.8 Å². The molecule has 0 heterocycles. The highest BCUT2D eigenvalue weighted by atomic mass is 16.3. The van der Waals surface area contributed by atoms with Crippen molar-refractivity contribution in [3.05, 3.63) is 0 Å². The van der Waals surface area contributed by atoms with Gasteiger partial charge in [-0.25, -0.2) is 0 Å². The van der Waals surface area contributed by atoms with Crippen LogP contribution in [0.1, 0.15) is 231 Å². The van der Waals surface area contributed by atoms with Gasteiger partial charge in [0.1, 0.15) is 0 Å². The van der Waals surface area contributed by atoms with Crippen molar-refractivity contribution in [3.8, 4) is 0 Å². The number of aliphatic hydroxyl groups is 2. The lowest BCUT2D eigenvalue weighted by atomic mass is 10.0. The van der Waals surface area contributed by atoms with Crippen LogP contribution in [0.5, 0.6) is 0 Å². The quantitative estimate of drug-likeness (QED) is 0.0606. The van der Waals surface area contributed by atoms with Crippen LogP contribution >= 0.6 is 0 Å². The predicted molar refractivity (Wildman–Crippen MR) is 193 cm³/mol. The minimum Gasteiger partial charge on any atom is -0.396 e. The first kappa shape index (κ1) is 42.9. The highest BCUT2D eigenvalue weighted by Crippen LogP contribution is 2.16. The number of aliphatic hydroxyl groups excluding tert-OH is 2. The van der Waals surface area contributed by atoms with Crippen molar-refractivity contribution in [2.45, 2.75) is 231 Å². The Hall–Kier alpha value is -0.120. The van der Waals surface area contributed by atoms with Crippen LogP contribution in [0.3, 0.4) is 0 Å². The SMILES string of the molecule is OCCCCCCCCCCCCCCCCCCCCCCCCNCCCCCCCCCCCCCCCCO. The number of nitrogens with one attached hydrogen (secondary N) is 1. The molecule has 3 N–H and O–H groups in total. The summed E-state index contributed by atoms with van der Waals surface area (Å²) in [4.78, 5) is 0. The van der Waals surface area contributed by atoms with Crippen molar-refractivity contribution in [1.82, 2.24) is 5.32 Å². The maximum absolute atomic E-state index is 8.79. The summed E-state index contributed by atoms with van der Waals surface area (Å²) < 4.78 is 0. The molecule has 0 aliphatic rings. The molecule has 0 aliphatic carbocycles. The van der Waals surface area contributed by atoms with E-state index >= 15 is 0 Å². The van der Waals surface area contributed by atoms with Crippen molar-refractivity contribution in [1.29, 1.82) is 0 Å². The molecular weight excluding hydrogens is 526 g/mol. The van der Waals surface area contributed by atoms with Gasteiger partial charge in [-0.1, -0.05) is 205 Å². The molecule has 43 heavy (non-hydrogen) atoms. The van der Waals surface area contributed by atoms with E-state index in [1.807, 2.05) is 0 Å². The molecule has 0 aromatic carbocycles. The number of hydrogen-bond acceptors (Lipinski definition) is 3. The largest absolute Gasteiger partial charge is 0.396 e. The van der Waals surface area contributed by atoms with Crippen molar-refractivity contribution in [2.24, 2.45) is 0 Å². The van der Waals surface area contributed by atoms with E-state index < -0.39 is 0 Å². The van der Waals surface area contributed by atoms with Crippen LogP contribution in [-0.4, -0.2) is 36.5 Å². The highest BCUT2D eigenvalue weighted by Gasteiger charge is 1.97. The third-order valence-corrected chi connectivity index (χ3v) is 9.52. The van der Waals surface area contributed by atoms with Crippen LogP contribution in [-0.2, 0) is 0 Å². The summed E-state index contributed by atoms with van der Waals surface area (Å²) in [6, 6.07) is 0. The lowest BCUT2D eigenvalue weighted by Crippen LogP contribution is -2.16. The lowest BCUT2D eigenvalue weighted by molar-refractivity contribution is 0.282. The van der Waals surface area contributed by atoms with Crippen LogP contribution in [0, 0.1) is 0 Å². The van der Waals surface area contributed by atoms with E-state index in [9.17, 15) is 0 Å². The molecule has 0 saturated carbocycles. The van der Waals surface area contributed by atoms with Gasteiger partial charge in [0.15, 0.2) is 0 Å². The Labute approximate surface area is 272 Å². The van der Waals surface area contributed by atoms with Gasteiger partial charge in [-0.2, -0.15) is 0 Å². The fraction of sp³-hybridized carbons (Fsp3) is 1.00. The van der Waals surface area contributed by atoms with E-state index in [0.29, 0.717) is 13.2 Å². The van der Waals surface area contributed by atoms with Gasteiger partial charge in [0.25, 0.3) is 0 Å². The normalized spacial score (nSPS) is 11.6. The maximum atomic E-state index is 8.79. The molecule has 0 amide bonds. The third kappa shape index (κ3) is 41.9. The fourth-order valence-electron chi connectivity index (χ4n) is 6.51. The summed E-state index contributed by atoms with van der Waals surface area (Å²) in [5.41, 5.74) is 0. The van der Waals surface area contributed by atoms with Gasteiger partial charge in [-0.15, -0.1) is 0 Å². The minimum absolute atomic E-state index is 0.369. The van der Waals surface area contributed by atoms with E-state index in [1.165, 1.54) is 231 Å². The highest BCUT2D eigenvalue weighted by molar-refractivity contribution is 4.54.